The highest BCUT2D eigenvalue weighted by Gasteiger charge is 2.35. The smallest absolute Gasteiger partial charge is 0.0158 e. The Hall–Kier alpha value is -1.82. The fraction of sp³-hybridized carbons (Fsp3) is 0.263. The van der Waals surface area contributed by atoms with Crippen molar-refractivity contribution in [2.45, 2.75) is 32.6 Å². The summed E-state index contributed by atoms with van der Waals surface area (Å²) in [5.41, 5.74) is 10.3. The van der Waals surface area contributed by atoms with E-state index in [9.17, 15) is 0 Å². The van der Waals surface area contributed by atoms with Crippen LogP contribution in [0.15, 0.2) is 42.0 Å². The molecule has 0 unspecified atom stereocenters. The first-order valence-electron chi connectivity index (χ1n) is 7.02. The molecule has 0 atom stereocenters. The quantitative estimate of drug-likeness (QED) is 0.617. The summed E-state index contributed by atoms with van der Waals surface area (Å²) in [6.45, 7) is 6.92. The molecule has 0 saturated heterocycles. The van der Waals surface area contributed by atoms with Crippen molar-refractivity contribution in [2.75, 3.05) is 0 Å². The van der Waals surface area contributed by atoms with Crippen molar-refractivity contribution in [3.05, 3.63) is 64.2 Å². The minimum absolute atomic E-state index is 0.136. The van der Waals surface area contributed by atoms with Crippen molar-refractivity contribution in [3.8, 4) is 11.1 Å². The van der Waals surface area contributed by atoms with Crippen molar-refractivity contribution in [1.82, 2.24) is 0 Å². The molecule has 0 heterocycles. The van der Waals surface area contributed by atoms with Gasteiger partial charge in [0.2, 0.25) is 0 Å². The molecular formula is C19H18. The normalized spacial score (nSPS) is 17.7. The van der Waals surface area contributed by atoms with Crippen molar-refractivity contribution >= 4 is 6.08 Å². The Bertz CT molecular complexity index is 730. The summed E-state index contributed by atoms with van der Waals surface area (Å²) in [6, 6.07) is 13.7. The van der Waals surface area contributed by atoms with E-state index in [-0.39, 0.29) is 5.41 Å². The average molecular weight is 246 g/mol. The van der Waals surface area contributed by atoms with E-state index in [0.29, 0.717) is 0 Å². The van der Waals surface area contributed by atoms with Crippen LogP contribution in [0.5, 0.6) is 0 Å². The fourth-order valence-corrected chi connectivity index (χ4v) is 3.71. The lowest BCUT2D eigenvalue weighted by Gasteiger charge is -2.22. The largest absolute Gasteiger partial charge is 0.0683 e. The maximum atomic E-state index is 2.44. The van der Waals surface area contributed by atoms with Crippen LogP contribution in [-0.4, -0.2) is 0 Å². The van der Waals surface area contributed by atoms with Crippen LogP contribution >= 0.6 is 0 Å². The van der Waals surface area contributed by atoms with Crippen LogP contribution in [0.4, 0.5) is 0 Å². The SMILES string of the molecule is CC1=Cc2cc3c(cc2C1)C(C)(C)c1ccccc1-3. The lowest BCUT2D eigenvalue weighted by molar-refractivity contribution is 0.659. The van der Waals surface area contributed by atoms with Crippen LogP contribution < -0.4 is 0 Å². The maximum absolute atomic E-state index is 2.44. The van der Waals surface area contributed by atoms with Gasteiger partial charge in [-0.1, -0.05) is 55.8 Å². The summed E-state index contributed by atoms with van der Waals surface area (Å²) in [7, 11) is 0. The van der Waals surface area contributed by atoms with Gasteiger partial charge in [-0.05, 0) is 52.8 Å². The molecule has 4 rings (SSSR count). The van der Waals surface area contributed by atoms with Gasteiger partial charge in [0.1, 0.15) is 0 Å². The van der Waals surface area contributed by atoms with Crippen LogP contribution in [-0.2, 0) is 11.8 Å². The number of fused-ring (bicyclic) bond motifs is 4. The number of benzene rings is 2. The summed E-state index contributed by atoms with van der Waals surface area (Å²) in [5, 5.41) is 0. The zero-order valence-corrected chi connectivity index (χ0v) is 11.7. The minimum atomic E-state index is 0.136. The van der Waals surface area contributed by atoms with E-state index in [4.69, 9.17) is 0 Å². The summed E-state index contributed by atoms with van der Waals surface area (Å²) in [6.07, 6.45) is 3.46. The standard InChI is InChI=1S/C19H18/c1-12-8-13-10-16-15-6-4-5-7-17(15)19(2,3)18(16)11-14(13)9-12/h4-8,10-11H,9H2,1-3H3. The zero-order valence-electron chi connectivity index (χ0n) is 11.7. The van der Waals surface area contributed by atoms with Crippen LogP contribution in [0, 0.1) is 0 Å². The maximum Gasteiger partial charge on any atom is 0.0158 e. The summed E-state index contributed by atoms with van der Waals surface area (Å²) in [4.78, 5) is 0. The highest BCUT2D eigenvalue weighted by Crippen LogP contribution is 2.50. The van der Waals surface area contributed by atoms with Gasteiger partial charge in [-0.2, -0.15) is 0 Å². The molecule has 2 aliphatic carbocycles. The topological polar surface area (TPSA) is 0 Å². The van der Waals surface area contributed by atoms with Crippen LogP contribution in [0.3, 0.4) is 0 Å². The van der Waals surface area contributed by atoms with Crippen LogP contribution in [0.25, 0.3) is 17.2 Å². The van der Waals surface area contributed by atoms with E-state index in [1.807, 2.05) is 0 Å². The molecule has 0 aliphatic heterocycles. The number of allylic oxidation sites excluding steroid dienone is 1. The molecule has 0 amide bonds. The van der Waals surface area contributed by atoms with Gasteiger partial charge in [-0.3, -0.25) is 0 Å². The number of hydrogen-bond donors (Lipinski definition) is 0. The summed E-state index contributed by atoms with van der Waals surface area (Å²) < 4.78 is 0. The van der Waals surface area contributed by atoms with Crippen LogP contribution in [0.2, 0.25) is 0 Å². The Kier molecular flexibility index (Phi) is 1.97. The molecule has 2 aromatic rings. The minimum Gasteiger partial charge on any atom is -0.0683 e. The van der Waals surface area contributed by atoms with Gasteiger partial charge in [0.05, 0.1) is 0 Å². The summed E-state index contributed by atoms with van der Waals surface area (Å²) >= 11 is 0. The Morgan fingerprint density at radius 1 is 0.947 bits per heavy atom. The van der Waals surface area contributed by atoms with Gasteiger partial charge in [-0.15, -0.1) is 0 Å². The van der Waals surface area contributed by atoms with E-state index in [0.717, 1.165) is 6.42 Å². The highest BCUT2D eigenvalue weighted by molar-refractivity contribution is 5.84. The molecule has 0 radical (unpaired) electrons. The lowest BCUT2D eigenvalue weighted by Crippen LogP contribution is -2.15. The Labute approximate surface area is 114 Å². The molecule has 2 aliphatic rings. The van der Waals surface area contributed by atoms with Gasteiger partial charge in [0, 0.05) is 5.41 Å². The van der Waals surface area contributed by atoms with E-state index in [2.05, 4.69) is 63.2 Å². The summed E-state index contributed by atoms with van der Waals surface area (Å²) in [5.74, 6) is 0. The molecule has 2 aromatic carbocycles. The lowest BCUT2D eigenvalue weighted by atomic mass is 9.81. The predicted octanol–water partition coefficient (Wildman–Crippen LogP) is 4.95. The Morgan fingerprint density at radius 2 is 1.74 bits per heavy atom. The zero-order chi connectivity index (χ0) is 13.2. The number of hydrogen-bond acceptors (Lipinski definition) is 0. The second-order valence-corrected chi connectivity index (χ2v) is 6.43. The molecule has 0 nitrogen and oxygen atoms in total. The molecule has 19 heavy (non-hydrogen) atoms. The van der Waals surface area contributed by atoms with Gasteiger partial charge in [-0.25, -0.2) is 0 Å². The third kappa shape index (κ3) is 1.35. The first-order valence-corrected chi connectivity index (χ1v) is 7.02. The second-order valence-electron chi connectivity index (χ2n) is 6.43. The first kappa shape index (κ1) is 11.0. The third-order valence-electron chi connectivity index (χ3n) is 4.71. The van der Waals surface area contributed by atoms with Gasteiger partial charge >= 0.3 is 0 Å². The van der Waals surface area contributed by atoms with Crippen molar-refractivity contribution in [1.29, 1.82) is 0 Å². The Morgan fingerprint density at radius 3 is 2.58 bits per heavy atom. The monoisotopic (exact) mass is 246 g/mol. The molecule has 0 N–H and O–H groups in total. The molecule has 0 saturated carbocycles. The number of rotatable bonds is 0. The molecule has 0 heteroatoms. The van der Waals surface area contributed by atoms with Crippen LogP contribution in [0.1, 0.15) is 43.0 Å². The molecular weight excluding hydrogens is 228 g/mol. The van der Waals surface area contributed by atoms with Crippen molar-refractivity contribution in [3.63, 3.8) is 0 Å². The highest BCUT2D eigenvalue weighted by atomic mass is 14.4. The van der Waals surface area contributed by atoms with E-state index >= 15 is 0 Å². The molecule has 0 aromatic heterocycles. The van der Waals surface area contributed by atoms with Gasteiger partial charge in [0.25, 0.3) is 0 Å². The van der Waals surface area contributed by atoms with Gasteiger partial charge in [0.15, 0.2) is 0 Å². The van der Waals surface area contributed by atoms with E-state index in [1.54, 1.807) is 0 Å². The van der Waals surface area contributed by atoms with Crippen molar-refractivity contribution in [2.24, 2.45) is 0 Å². The van der Waals surface area contributed by atoms with Crippen molar-refractivity contribution < 1.29 is 0 Å². The van der Waals surface area contributed by atoms with Gasteiger partial charge < -0.3 is 0 Å². The molecule has 0 bridgehead atoms. The van der Waals surface area contributed by atoms with E-state index < -0.39 is 0 Å². The second kappa shape index (κ2) is 3.39. The molecule has 0 fully saturated rings. The average Bonchev–Trinajstić information content (AvgIpc) is 2.85. The Balaban J connectivity index is 2.05. The fourth-order valence-electron chi connectivity index (χ4n) is 3.71. The van der Waals surface area contributed by atoms with E-state index in [1.165, 1.54) is 39.0 Å². The predicted molar refractivity (Wildman–Crippen MR) is 81.4 cm³/mol. The first-order chi connectivity index (χ1) is 9.07. The molecule has 94 valence electrons. The molecule has 0 spiro atoms. The third-order valence-corrected chi connectivity index (χ3v) is 4.71.